The lowest BCUT2D eigenvalue weighted by Crippen LogP contribution is -2.34. The van der Waals surface area contributed by atoms with E-state index in [4.69, 9.17) is 4.74 Å². The van der Waals surface area contributed by atoms with E-state index in [1.54, 1.807) is 11.8 Å². The first-order valence-corrected chi connectivity index (χ1v) is 5.87. The third-order valence-corrected chi connectivity index (χ3v) is 3.30. The summed E-state index contributed by atoms with van der Waals surface area (Å²) in [6, 6.07) is 0. The molecule has 1 fully saturated rings. The van der Waals surface area contributed by atoms with Crippen LogP contribution in [0.5, 0.6) is 0 Å². The zero-order valence-electron chi connectivity index (χ0n) is 7.45. The van der Waals surface area contributed by atoms with Crippen LogP contribution in [0.25, 0.3) is 0 Å². The maximum atomic E-state index is 5.75. The molecule has 3 heteroatoms. The fraction of sp³-hybridized carbons (Fsp3) is 0.889. The molecule has 0 spiro atoms. The van der Waals surface area contributed by atoms with Crippen LogP contribution in [0.3, 0.4) is 0 Å². The summed E-state index contributed by atoms with van der Waals surface area (Å²) in [5.41, 5.74) is 0. The molecule has 0 aromatic rings. The van der Waals surface area contributed by atoms with E-state index in [2.05, 4.69) is 4.99 Å². The largest absolute Gasteiger partial charge is 0.469 e. The number of ether oxygens (including phenoxy) is 1. The third-order valence-electron chi connectivity index (χ3n) is 2.72. The van der Waals surface area contributed by atoms with Crippen LogP contribution < -0.4 is 0 Å². The van der Waals surface area contributed by atoms with E-state index in [0.717, 1.165) is 17.7 Å². The summed E-state index contributed by atoms with van der Waals surface area (Å²) < 4.78 is 5.75. The van der Waals surface area contributed by atoms with Crippen molar-refractivity contribution in [3.8, 4) is 0 Å². The van der Waals surface area contributed by atoms with Gasteiger partial charge in [0.05, 0.1) is 0 Å². The Hall–Kier alpha value is -0.180. The number of hydrogen-bond donors (Lipinski definition) is 0. The van der Waals surface area contributed by atoms with Crippen molar-refractivity contribution in [2.75, 3.05) is 12.8 Å². The van der Waals surface area contributed by atoms with Gasteiger partial charge in [0.2, 0.25) is 5.23 Å². The van der Waals surface area contributed by atoms with Crippen molar-refractivity contribution >= 4 is 17.0 Å². The Bertz CT molecular complexity index is 193. The minimum atomic E-state index is 0.485. The van der Waals surface area contributed by atoms with Crippen LogP contribution in [0.4, 0.5) is 0 Å². The average molecular weight is 185 g/mol. The Morgan fingerprint density at radius 3 is 3.08 bits per heavy atom. The van der Waals surface area contributed by atoms with Crippen molar-refractivity contribution in [3.05, 3.63) is 0 Å². The molecule has 2 rings (SSSR count). The lowest BCUT2D eigenvalue weighted by Gasteiger charge is -2.34. The molecule has 0 unspecified atom stereocenters. The first kappa shape index (κ1) is 8.42. The van der Waals surface area contributed by atoms with Gasteiger partial charge in [-0.05, 0) is 25.5 Å². The Morgan fingerprint density at radius 2 is 2.25 bits per heavy atom. The van der Waals surface area contributed by atoms with E-state index < -0.39 is 0 Å². The normalized spacial score (nSPS) is 34.9. The number of aliphatic imine (C=N–C) groups is 1. The van der Waals surface area contributed by atoms with Crippen LogP contribution in [0.1, 0.15) is 25.7 Å². The van der Waals surface area contributed by atoms with E-state index in [0.29, 0.717) is 6.10 Å². The molecular weight excluding hydrogens is 170 g/mol. The average Bonchev–Trinajstić information content (AvgIpc) is 2.17. The standard InChI is InChI=1S/C9H15NOS/c1-12-9-10-6-7-4-2-3-5-8(7)11-9/h7-8H,2-6H2,1H3/t7-,8-/m0/s1. The number of nitrogens with zero attached hydrogens (tertiary/aromatic N) is 1. The van der Waals surface area contributed by atoms with Crippen LogP contribution in [-0.4, -0.2) is 24.1 Å². The highest BCUT2D eigenvalue weighted by atomic mass is 32.2. The van der Waals surface area contributed by atoms with E-state index in [1.165, 1.54) is 25.7 Å². The van der Waals surface area contributed by atoms with Crippen molar-refractivity contribution in [3.63, 3.8) is 0 Å². The van der Waals surface area contributed by atoms with Gasteiger partial charge in [0.15, 0.2) is 0 Å². The fourth-order valence-corrected chi connectivity index (χ4v) is 2.43. The lowest BCUT2D eigenvalue weighted by molar-refractivity contribution is 0.0772. The Labute approximate surface area is 77.8 Å². The van der Waals surface area contributed by atoms with Crippen molar-refractivity contribution in [1.29, 1.82) is 0 Å². The molecule has 0 radical (unpaired) electrons. The molecule has 1 aliphatic heterocycles. The zero-order valence-corrected chi connectivity index (χ0v) is 8.27. The second-order valence-electron chi connectivity index (χ2n) is 3.51. The number of rotatable bonds is 0. The van der Waals surface area contributed by atoms with Crippen LogP contribution in [0.15, 0.2) is 4.99 Å². The molecule has 1 heterocycles. The molecule has 0 N–H and O–H groups in total. The molecule has 2 nitrogen and oxygen atoms in total. The molecule has 1 saturated carbocycles. The summed E-state index contributed by atoms with van der Waals surface area (Å²) >= 11 is 1.63. The molecule has 2 aliphatic rings. The molecule has 0 aromatic carbocycles. The maximum Gasteiger partial charge on any atom is 0.245 e. The minimum Gasteiger partial charge on any atom is -0.469 e. The SMILES string of the molecule is CSC1=NC[C@@H]2CCCC[C@@H]2O1. The van der Waals surface area contributed by atoms with E-state index in [-0.39, 0.29) is 0 Å². The second-order valence-corrected chi connectivity index (χ2v) is 4.27. The maximum absolute atomic E-state index is 5.75. The molecule has 0 amide bonds. The van der Waals surface area contributed by atoms with Gasteiger partial charge in [0.25, 0.3) is 0 Å². The summed E-state index contributed by atoms with van der Waals surface area (Å²) in [7, 11) is 0. The molecule has 12 heavy (non-hydrogen) atoms. The van der Waals surface area contributed by atoms with Crippen molar-refractivity contribution in [2.45, 2.75) is 31.8 Å². The number of thioether (sulfide) groups is 1. The van der Waals surface area contributed by atoms with Gasteiger partial charge in [-0.1, -0.05) is 18.2 Å². The summed E-state index contributed by atoms with van der Waals surface area (Å²) in [6.45, 7) is 1.00. The quantitative estimate of drug-likeness (QED) is 0.577. The van der Waals surface area contributed by atoms with Gasteiger partial charge in [-0.15, -0.1) is 0 Å². The van der Waals surface area contributed by atoms with Crippen LogP contribution in [0, 0.1) is 5.92 Å². The summed E-state index contributed by atoms with van der Waals surface area (Å²) in [5, 5.41) is 0.901. The van der Waals surface area contributed by atoms with Gasteiger partial charge in [-0.2, -0.15) is 0 Å². The fourth-order valence-electron chi connectivity index (χ4n) is 2.01. The monoisotopic (exact) mass is 185 g/mol. The second kappa shape index (κ2) is 3.69. The predicted molar refractivity (Wildman–Crippen MR) is 52.6 cm³/mol. The van der Waals surface area contributed by atoms with Crippen LogP contribution >= 0.6 is 11.8 Å². The molecule has 0 bridgehead atoms. The summed E-state index contributed by atoms with van der Waals surface area (Å²) in [5.74, 6) is 0.717. The Kier molecular flexibility index (Phi) is 2.59. The molecule has 1 aliphatic carbocycles. The summed E-state index contributed by atoms with van der Waals surface area (Å²) in [4.78, 5) is 4.39. The van der Waals surface area contributed by atoms with Crippen LogP contribution in [0.2, 0.25) is 0 Å². The van der Waals surface area contributed by atoms with E-state index in [1.807, 2.05) is 6.26 Å². The van der Waals surface area contributed by atoms with Gasteiger partial charge < -0.3 is 4.74 Å². The lowest BCUT2D eigenvalue weighted by atomic mass is 9.86. The number of fused-ring (bicyclic) bond motifs is 1. The highest BCUT2D eigenvalue weighted by Gasteiger charge is 2.30. The van der Waals surface area contributed by atoms with Gasteiger partial charge in [0.1, 0.15) is 6.10 Å². The Balaban J connectivity index is 2.00. The first-order valence-electron chi connectivity index (χ1n) is 4.65. The molecule has 2 atom stereocenters. The van der Waals surface area contributed by atoms with Crippen molar-refractivity contribution in [1.82, 2.24) is 0 Å². The third kappa shape index (κ3) is 1.60. The molecule has 0 aromatic heterocycles. The van der Waals surface area contributed by atoms with Crippen LogP contribution in [-0.2, 0) is 4.74 Å². The van der Waals surface area contributed by atoms with E-state index >= 15 is 0 Å². The molecular formula is C9H15NOS. The van der Waals surface area contributed by atoms with Gasteiger partial charge in [-0.3, -0.25) is 0 Å². The van der Waals surface area contributed by atoms with E-state index in [9.17, 15) is 0 Å². The van der Waals surface area contributed by atoms with Gasteiger partial charge in [0, 0.05) is 12.5 Å². The topological polar surface area (TPSA) is 21.6 Å². The Morgan fingerprint density at radius 1 is 1.42 bits per heavy atom. The van der Waals surface area contributed by atoms with Gasteiger partial charge in [-0.25, -0.2) is 4.99 Å². The van der Waals surface area contributed by atoms with Crippen molar-refractivity contribution < 1.29 is 4.74 Å². The first-order chi connectivity index (χ1) is 5.90. The smallest absolute Gasteiger partial charge is 0.245 e. The van der Waals surface area contributed by atoms with Gasteiger partial charge >= 0.3 is 0 Å². The molecule has 0 saturated heterocycles. The predicted octanol–water partition coefficient (Wildman–Crippen LogP) is 2.29. The number of hydrogen-bond acceptors (Lipinski definition) is 3. The van der Waals surface area contributed by atoms with Crippen molar-refractivity contribution in [2.24, 2.45) is 10.9 Å². The molecule has 68 valence electrons. The highest BCUT2D eigenvalue weighted by Crippen LogP contribution is 2.30. The summed E-state index contributed by atoms with van der Waals surface area (Å²) in [6.07, 6.45) is 7.78. The zero-order chi connectivity index (χ0) is 8.39. The minimum absolute atomic E-state index is 0.485. The highest BCUT2D eigenvalue weighted by molar-refractivity contribution is 8.12.